The van der Waals surface area contributed by atoms with E-state index in [1.165, 1.54) is 4.88 Å². The lowest BCUT2D eigenvalue weighted by atomic mass is 10.1. The van der Waals surface area contributed by atoms with Crippen molar-refractivity contribution in [2.75, 3.05) is 26.9 Å². The van der Waals surface area contributed by atoms with Crippen LogP contribution in [0.3, 0.4) is 0 Å². The predicted octanol–water partition coefficient (Wildman–Crippen LogP) is 2.24. The van der Waals surface area contributed by atoms with Crippen LogP contribution in [0.4, 0.5) is 0 Å². The van der Waals surface area contributed by atoms with E-state index in [4.69, 9.17) is 9.47 Å². The fourth-order valence-corrected chi connectivity index (χ4v) is 2.14. The maximum atomic E-state index is 5.43. The third-order valence-electron chi connectivity index (χ3n) is 2.29. The van der Waals surface area contributed by atoms with E-state index < -0.39 is 0 Å². The van der Waals surface area contributed by atoms with Crippen LogP contribution in [0, 0.1) is 0 Å². The Morgan fingerprint density at radius 2 is 2.06 bits per heavy atom. The number of methoxy groups -OCH3 is 1. The summed E-state index contributed by atoms with van der Waals surface area (Å²) in [6.45, 7) is 9.39. The number of nitrogens with one attached hydrogen (secondary N) is 1. The molecule has 0 fully saturated rings. The van der Waals surface area contributed by atoms with Crippen LogP contribution in [-0.2, 0) is 22.4 Å². The van der Waals surface area contributed by atoms with Crippen molar-refractivity contribution in [2.24, 2.45) is 0 Å². The molecule has 0 radical (unpaired) electrons. The Morgan fingerprint density at radius 1 is 1.28 bits per heavy atom. The van der Waals surface area contributed by atoms with Crippen LogP contribution in [-0.4, -0.2) is 37.5 Å². The summed E-state index contributed by atoms with van der Waals surface area (Å²) in [7, 11) is 1.68. The summed E-state index contributed by atoms with van der Waals surface area (Å²) in [5, 5.41) is 4.60. The van der Waals surface area contributed by atoms with E-state index in [0.717, 1.165) is 18.0 Å². The van der Waals surface area contributed by atoms with Gasteiger partial charge in [0, 0.05) is 36.7 Å². The highest BCUT2D eigenvalue weighted by Crippen LogP contribution is 2.14. The molecule has 0 aliphatic rings. The first-order valence-corrected chi connectivity index (χ1v) is 7.08. The lowest BCUT2D eigenvalue weighted by Gasteiger charge is -2.19. The minimum atomic E-state index is 0.146. The van der Waals surface area contributed by atoms with Gasteiger partial charge in [0.25, 0.3) is 0 Å². The van der Waals surface area contributed by atoms with Crippen LogP contribution in [0.1, 0.15) is 30.7 Å². The molecule has 0 aliphatic carbocycles. The maximum Gasteiger partial charge on any atom is 0.0951 e. The summed E-state index contributed by atoms with van der Waals surface area (Å²) in [5.74, 6) is 0. The van der Waals surface area contributed by atoms with Crippen LogP contribution < -0.4 is 5.32 Å². The SMILES string of the molecule is COCCOCCc1ncc(CNC(C)(C)C)s1. The summed E-state index contributed by atoms with van der Waals surface area (Å²) < 4.78 is 10.3. The Morgan fingerprint density at radius 3 is 2.72 bits per heavy atom. The van der Waals surface area contributed by atoms with Crippen molar-refractivity contribution in [1.29, 1.82) is 0 Å². The van der Waals surface area contributed by atoms with Gasteiger partial charge in [-0.3, -0.25) is 0 Å². The Hall–Kier alpha value is -0.490. The van der Waals surface area contributed by atoms with E-state index in [1.54, 1.807) is 18.4 Å². The van der Waals surface area contributed by atoms with E-state index >= 15 is 0 Å². The second kappa shape index (κ2) is 7.84. The molecule has 0 aliphatic heterocycles. The Kier molecular flexibility index (Phi) is 6.78. The highest BCUT2D eigenvalue weighted by atomic mass is 32.1. The largest absolute Gasteiger partial charge is 0.382 e. The molecule has 1 aromatic rings. The Balaban J connectivity index is 2.22. The van der Waals surface area contributed by atoms with Crippen molar-refractivity contribution in [3.05, 3.63) is 16.1 Å². The number of rotatable bonds is 8. The summed E-state index contributed by atoms with van der Waals surface area (Å²) in [5.41, 5.74) is 0.146. The van der Waals surface area contributed by atoms with Gasteiger partial charge in [0.15, 0.2) is 0 Å². The van der Waals surface area contributed by atoms with Gasteiger partial charge in [-0.2, -0.15) is 0 Å². The van der Waals surface area contributed by atoms with Crippen molar-refractivity contribution in [3.8, 4) is 0 Å². The Bertz CT molecular complexity index is 334. The molecule has 0 aromatic carbocycles. The molecule has 0 saturated heterocycles. The van der Waals surface area contributed by atoms with Gasteiger partial charge in [0.2, 0.25) is 0 Å². The van der Waals surface area contributed by atoms with Gasteiger partial charge in [0.05, 0.1) is 24.8 Å². The molecule has 18 heavy (non-hydrogen) atoms. The normalized spacial score (nSPS) is 12.0. The van der Waals surface area contributed by atoms with Crippen molar-refractivity contribution in [2.45, 2.75) is 39.3 Å². The van der Waals surface area contributed by atoms with Crippen LogP contribution in [0.25, 0.3) is 0 Å². The molecule has 5 heteroatoms. The second-order valence-corrected chi connectivity index (χ2v) is 6.38. The monoisotopic (exact) mass is 272 g/mol. The highest BCUT2D eigenvalue weighted by molar-refractivity contribution is 7.11. The molecule has 0 saturated carbocycles. The molecule has 104 valence electrons. The van der Waals surface area contributed by atoms with Gasteiger partial charge in [-0.05, 0) is 20.8 Å². The van der Waals surface area contributed by atoms with Crippen LogP contribution in [0.2, 0.25) is 0 Å². The van der Waals surface area contributed by atoms with E-state index in [2.05, 4.69) is 31.1 Å². The molecule has 0 amide bonds. The minimum Gasteiger partial charge on any atom is -0.382 e. The lowest BCUT2D eigenvalue weighted by Crippen LogP contribution is -2.34. The van der Waals surface area contributed by atoms with Gasteiger partial charge >= 0.3 is 0 Å². The standard InChI is InChI=1S/C13H24N2O2S/c1-13(2,3)15-10-11-9-14-12(18-11)5-6-17-8-7-16-4/h9,15H,5-8,10H2,1-4H3. The number of aromatic nitrogens is 1. The molecule has 0 unspecified atom stereocenters. The van der Waals surface area contributed by atoms with Crippen molar-refractivity contribution >= 4 is 11.3 Å². The summed E-state index contributed by atoms with van der Waals surface area (Å²) >= 11 is 1.75. The average Bonchev–Trinajstić information content (AvgIpc) is 2.73. The van der Waals surface area contributed by atoms with Crippen LogP contribution in [0.5, 0.6) is 0 Å². The highest BCUT2D eigenvalue weighted by Gasteiger charge is 2.09. The lowest BCUT2D eigenvalue weighted by molar-refractivity contribution is 0.0722. The van der Waals surface area contributed by atoms with Gasteiger partial charge in [-0.15, -0.1) is 11.3 Å². The summed E-state index contributed by atoms with van der Waals surface area (Å²) in [6.07, 6.45) is 2.83. The molecular weight excluding hydrogens is 248 g/mol. The molecule has 1 aromatic heterocycles. The zero-order valence-corrected chi connectivity index (χ0v) is 12.6. The smallest absolute Gasteiger partial charge is 0.0951 e. The zero-order chi connectivity index (χ0) is 13.4. The van der Waals surface area contributed by atoms with Crippen LogP contribution >= 0.6 is 11.3 Å². The number of thiazole rings is 1. The van der Waals surface area contributed by atoms with Crippen molar-refractivity contribution in [1.82, 2.24) is 10.3 Å². The molecule has 0 atom stereocenters. The Labute approximate surface area is 114 Å². The second-order valence-electron chi connectivity index (χ2n) is 5.18. The fourth-order valence-electron chi connectivity index (χ4n) is 1.30. The molecule has 1 heterocycles. The third-order valence-corrected chi connectivity index (χ3v) is 3.34. The molecule has 1 rings (SSSR count). The van der Waals surface area contributed by atoms with E-state index in [0.29, 0.717) is 19.8 Å². The molecule has 4 nitrogen and oxygen atoms in total. The zero-order valence-electron chi connectivity index (χ0n) is 11.8. The predicted molar refractivity (Wildman–Crippen MR) is 75.1 cm³/mol. The fraction of sp³-hybridized carbons (Fsp3) is 0.769. The van der Waals surface area contributed by atoms with Crippen LogP contribution in [0.15, 0.2) is 6.20 Å². The summed E-state index contributed by atoms with van der Waals surface area (Å²) in [4.78, 5) is 5.68. The molecular formula is C13H24N2O2S. The van der Waals surface area contributed by atoms with Crippen molar-refractivity contribution < 1.29 is 9.47 Å². The summed E-state index contributed by atoms with van der Waals surface area (Å²) in [6, 6.07) is 0. The molecule has 0 bridgehead atoms. The van der Waals surface area contributed by atoms with Crippen molar-refractivity contribution in [3.63, 3.8) is 0 Å². The van der Waals surface area contributed by atoms with Gasteiger partial charge < -0.3 is 14.8 Å². The van der Waals surface area contributed by atoms with Gasteiger partial charge in [-0.1, -0.05) is 0 Å². The molecule has 1 N–H and O–H groups in total. The first-order chi connectivity index (χ1) is 8.51. The van der Waals surface area contributed by atoms with E-state index in [1.807, 2.05) is 6.20 Å². The topological polar surface area (TPSA) is 43.4 Å². The van der Waals surface area contributed by atoms with E-state index in [9.17, 15) is 0 Å². The molecule has 0 spiro atoms. The maximum absolute atomic E-state index is 5.43. The van der Waals surface area contributed by atoms with Gasteiger partial charge in [-0.25, -0.2) is 4.98 Å². The minimum absolute atomic E-state index is 0.146. The number of nitrogens with zero attached hydrogens (tertiary/aromatic N) is 1. The van der Waals surface area contributed by atoms with E-state index in [-0.39, 0.29) is 5.54 Å². The number of ether oxygens (including phenoxy) is 2. The first-order valence-electron chi connectivity index (χ1n) is 6.26. The average molecular weight is 272 g/mol. The quantitative estimate of drug-likeness (QED) is 0.737. The number of hydrogen-bond acceptors (Lipinski definition) is 5. The third kappa shape index (κ3) is 7.06. The number of hydrogen-bond donors (Lipinski definition) is 1. The van der Waals surface area contributed by atoms with Gasteiger partial charge in [0.1, 0.15) is 0 Å². The first kappa shape index (κ1) is 15.6.